The molecule has 0 saturated heterocycles. The third-order valence-corrected chi connectivity index (χ3v) is 9.92. The van der Waals surface area contributed by atoms with Gasteiger partial charge < -0.3 is 18.9 Å². The first kappa shape index (κ1) is 37.5. The molecule has 0 aromatic carbocycles. The molecule has 42 heavy (non-hydrogen) atoms. The van der Waals surface area contributed by atoms with Gasteiger partial charge in [-0.2, -0.15) is 0 Å². The minimum atomic E-state index is -0.0952. The number of hydrogen-bond acceptors (Lipinski definition) is 5. The predicted molar refractivity (Wildman–Crippen MR) is 175 cm³/mol. The topological polar surface area (TPSA) is 54.0 Å². The molecule has 2 fully saturated rings. The zero-order chi connectivity index (χ0) is 29.9. The smallest absolute Gasteiger partial charge is 0.305 e. The van der Waals surface area contributed by atoms with Crippen molar-refractivity contribution in [2.45, 2.75) is 174 Å². The molecule has 0 radical (unpaired) electrons. The average Bonchev–Trinajstić information content (AvgIpc) is 3.01. The minimum Gasteiger partial charge on any atom is -0.463 e. The molecule has 2 aliphatic rings. The molecule has 5 heteroatoms. The molecule has 2 rings (SSSR count). The Morgan fingerprint density at radius 3 is 1.60 bits per heavy atom. The van der Waals surface area contributed by atoms with E-state index in [9.17, 15) is 4.79 Å². The number of carbonyl (C=O) groups is 1. The molecule has 2 aliphatic carbocycles. The maximum Gasteiger partial charge on any atom is 0.305 e. The van der Waals surface area contributed by atoms with Gasteiger partial charge in [-0.05, 0) is 62.7 Å². The Labute approximate surface area is 260 Å². The fourth-order valence-electron chi connectivity index (χ4n) is 7.17. The van der Waals surface area contributed by atoms with Crippen LogP contribution in [0.5, 0.6) is 0 Å². The van der Waals surface area contributed by atoms with Gasteiger partial charge in [-0.1, -0.05) is 117 Å². The average molecular weight is 595 g/mol. The lowest BCUT2D eigenvalue weighted by molar-refractivity contribution is -0.145. The van der Waals surface area contributed by atoms with Gasteiger partial charge in [0.05, 0.1) is 39.1 Å². The molecule has 0 aliphatic heterocycles. The maximum atomic E-state index is 11.9. The van der Waals surface area contributed by atoms with Gasteiger partial charge in [-0.15, -0.1) is 0 Å². The summed E-state index contributed by atoms with van der Waals surface area (Å²) in [6.45, 7) is 7.74. The molecule has 0 heterocycles. The Kier molecular flexibility index (Phi) is 23.9. The van der Waals surface area contributed by atoms with E-state index in [1.165, 1.54) is 135 Å². The number of rotatable bonds is 27. The van der Waals surface area contributed by atoms with E-state index in [-0.39, 0.29) is 5.97 Å². The highest BCUT2D eigenvalue weighted by Crippen LogP contribution is 2.41. The molecular formula is C37H70O5. The molecular weight excluding hydrogens is 524 g/mol. The summed E-state index contributed by atoms with van der Waals surface area (Å²) in [6.07, 6.45) is 31.9. The molecule has 0 aromatic rings. The van der Waals surface area contributed by atoms with Crippen LogP contribution in [-0.2, 0) is 23.7 Å². The van der Waals surface area contributed by atoms with E-state index < -0.39 is 0 Å². The molecule has 0 amide bonds. The quantitative estimate of drug-likeness (QED) is 0.0699. The summed E-state index contributed by atoms with van der Waals surface area (Å²) in [5, 5.41) is 0. The van der Waals surface area contributed by atoms with Crippen LogP contribution in [0, 0.1) is 17.8 Å². The van der Waals surface area contributed by atoms with Crippen LogP contribution in [0.2, 0.25) is 0 Å². The van der Waals surface area contributed by atoms with Crippen molar-refractivity contribution in [3.8, 4) is 0 Å². The summed E-state index contributed by atoms with van der Waals surface area (Å²) in [5.41, 5.74) is 0. The van der Waals surface area contributed by atoms with E-state index in [0.29, 0.717) is 52.2 Å². The summed E-state index contributed by atoms with van der Waals surface area (Å²) in [5.74, 6) is 2.85. The lowest BCUT2D eigenvalue weighted by Gasteiger charge is -2.37. The highest BCUT2D eigenvalue weighted by molar-refractivity contribution is 5.69. The van der Waals surface area contributed by atoms with Crippen LogP contribution < -0.4 is 0 Å². The van der Waals surface area contributed by atoms with Crippen molar-refractivity contribution in [3.63, 3.8) is 0 Å². The van der Waals surface area contributed by atoms with Gasteiger partial charge in [0.1, 0.15) is 6.61 Å². The molecule has 0 spiro atoms. The molecule has 0 N–H and O–H groups in total. The predicted octanol–water partition coefficient (Wildman–Crippen LogP) is 10.2. The largest absolute Gasteiger partial charge is 0.463 e. The highest BCUT2D eigenvalue weighted by atomic mass is 16.6. The molecule has 5 nitrogen and oxygen atoms in total. The SMILES string of the molecule is CCCCCCCCCCCCCC(=O)OCCOCCOCCOC1CCC(C2CCC(CCCCC)CC2)CC1. The minimum absolute atomic E-state index is 0.0952. The second-order valence-electron chi connectivity index (χ2n) is 13.4. The Morgan fingerprint density at radius 1 is 0.524 bits per heavy atom. The first-order valence-electron chi connectivity index (χ1n) is 18.7. The molecule has 248 valence electrons. The van der Waals surface area contributed by atoms with Crippen LogP contribution in [-0.4, -0.2) is 51.7 Å². The number of ether oxygens (including phenoxy) is 4. The van der Waals surface area contributed by atoms with E-state index in [2.05, 4.69) is 13.8 Å². The first-order chi connectivity index (χ1) is 20.7. The zero-order valence-corrected chi connectivity index (χ0v) is 28.1. The normalized spacial score (nSPS) is 22.8. The van der Waals surface area contributed by atoms with Gasteiger partial charge in [-0.25, -0.2) is 0 Å². The second kappa shape index (κ2) is 26.7. The number of hydrogen-bond donors (Lipinski definition) is 0. The van der Waals surface area contributed by atoms with E-state index in [1.807, 2.05) is 0 Å². The van der Waals surface area contributed by atoms with Crippen molar-refractivity contribution >= 4 is 5.97 Å². The van der Waals surface area contributed by atoms with Gasteiger partial charge >= 0.3 is 5.97 Å². The standard InChI is InChI=1S/C37H70O5/c1-3-5-7-8-9-10-11-12-13-14-16-18-37(38)42-32-30-40-28-27-39-29-31-41-36-25-23-35(24-26-36)34-21-19-33(20-22-34)17-15-6-4-2/h33-36H,3-32H2,1-2H3. The number of carbonyl (C=O) groups excluding carboxylic acids is 1. The Balaban J connectivity index is 1.28. The monoisotopic (exact) mass is 595 g/mol. The van der Waals surface area contributed by atoms with E-state index in [0.717, 1.165) is 30.6 Å². The highest BCUT2D eigenvalue weighted by Gasteiger charge is 2.30. The third kappa shape index (κ3) is 19.6. The van der Waals surface area contributed by atoms with Gasteiger partial charge in [0.2, 0.25) is 0 Å². The van der Waals surface area contributed by atoms with Crippen molar-refractivity contribution < 1.29 is 23.7 Å². The maximum absolute atomic E-state index is 11.9. The second-order valence-corrected chi connectivity index (χ2v) is 13.4. The van der Waals surface area contributed by atoms with E-state index in [4.69, 9.17) is 18.9 Å². The summed E-state index contributed by atoms with van der Waals surface area (Å²) in [6, 6.07) is 0. The van der Waals surface area contributed by atoms with Crippen LogP contribution in [0.25, 0.3) is 0 Å². The van der Waals surface area contributed by atoms with Crippen LogP contribution in [0.1, 0.15) is 168 Å². The lowest BCUT2D eigenvalue weighted by atomic mass is 9.70. The zero-order valence-electron chi connectivity index (χ0n) is 28.1. The first-order valence-corrected chi connectivity index (χ1v) is 18.7. The van der Waals surface area contributed by atoms with Crippen molar-refractivity contribution in [2.24, 2.45) is 17.8 Å². The Morgan fingerprint density at radius 2 is 1.00 bits per heavy atom. The van der Waals surface area contributed by atoms with Gasteiger partial charge in [0.15, 0.2) is 0 Å². The summed E-state index contributed by atoms with van der Waals surface area (Å²) >= 11 is 0. The Hall–Kier alpha value is -0.650. The summed E-state index contributed by atoms with van der Waals surface area (Å²) in [4.78, 5) is 11.9. The summed E-state index contributed by atoms with van der Waals surface area (Å²) < 4.78 is 22.6. The van der Waals surface area contributed by atoms with Crippen molar-refractivity contribution in [2.75, 3.05) is 39.6 Å². The molecule has 0 bridgehead atoms. The third-order valence-electron chi connectivity index (χ3n) is 9.92. The van der Waals surface area contributed by atoms with Crippen molar-refractivity contribution in [3.05, 3.63) is 0 Å². The molecule has 0 unspecified atom stereocenters. The molecule has 0 aromatic heterocycles. The fraction of sp³-hybridized carbons (Fsp3) is 0.973. The van der Waals surface area contributed by atoms with Crippen LogP contribution in [0.15, 0.2) is 0 Å². The van der Waals surface area contributed by atoms with Crippen molar-refractivity contribution in [1.82, 2.24) is 0 Å². The molecule has 2 saturated carbocycles. The van der Waals surface area contributed by atoms with Gasteiger partial charge in [-0.3, -0.25) is 4.79 Å². The number of unbranched alkanes of at least 4 members (excludes halogenated alkanes) is 12. The van der Waals surface area contributed by atoms with Crippen LogP contribution in [0.4, 0.5) is 0 Å². The lowest BCUT2D eigenvalue weighted by Crippen LogP contribution is -2.29. The van der Waals surface area contributed by atoms with Crippen LogP contribution in [0.3, 0.4) is 0 Å². The Bertz CT molecular complexity index is 595. The molecule has 0 atom stereocenters. The number of esters is 1. The van der Waals surface area contributed by atoms with Gasteiger partial charge in [0, 0.05) is 6.42 Å². The fourth-order valence-corrected chi connectivity index (χ4v) is 7.17. The van der Waals surface area contributed by atoms with E-state index in [1.54, 1.807) is 0 Å². The van der Waals surface area contributed by atoms with Gasteiger partial charge in [0.25, 0.3) is 0 Å². The summed E-state index contributed by atoms with van der Waals surface area (Å²) in [7, 11) is 0. The van der Waals surface area contributed by atoms with Crippen molar-refractivity contribution in [1.29, 1.82) is 0 Å². The van der Waals surface area contributed by atoms with E-state index >= 15 is 0 Å². The van der Waals surface area contributed by atoms with Crippen LogP contribution >= 0.6 is 0 Å².